The summed E-state index contributed by atoms with van der Waals surface area (Å²) >= 11 is 9.45. The van der Waals surface area contributed by atoms with Crippen molar-refractivity contribution in [3.63, 3.8) is 0 Å². The largest absolute Gasteiger partial charge is 0.144 e. The maximum atomic E-state index is 2.36. The van der Waals surface area contributed by atoms with Crippen LogP contribution in [-0.2, 0) is 0 Å². The highest BCUT2D eigenvalue weighted by molar-refractivity contribution is 8.20. The lowest BCUT2D eigenvalue weighted by Gasteiger charge is -2.52. The van der Waals surface area contributed by atoms with Crippen LogP contribution in [0, 0.1) is 5.41 Å². The molecule has 2 aliphatic carbocycles. The van der Waals surface area contributed by atoms with Crippen molar-refractivity contribution in [2.24, 2.45) is 5.41 Å². The van der Waals surface area contributed by atoms with E-state index in [1.54, 1.807) is 0 Å². The van der Waals surface area contributed by atoms with Crippen molar-refractivity contribution in [1.29, 1.82) is 0 Å². The monoisotopic (exact) mass is 360 g/mol. The zero-order valence-electron chi connectivity index (χ0n) is 13.0. The lowest BCUT2D eigenvalue weighted by atomic mass is 9.97. The molecule has 4 rings (SSSR count). The SMILES string of the molecule is C1CCC2(CC1)SCC1(CS2)CSC2(CCCCC2)SC1. The van der Waals surface area contributed by atoms with E-state index in [1.807, 2.05) is 0 Å². The Kier molecular flexibility index (Phi) is 4.82. The fourth-order valence-electron chi connectivity index (χ4n) is 4.23. The van der Waals surface area contributed by atoms with Gasteiger partial charge < -0.3 is 0 Å². The summed E-state index contributed by atoms with van der Waals surface area (Å²) in [5.74, 6) is 5.82. The summed E-state index contributed by atoms with van der Waals surface area (Å²) in [4.78, 5) is 0. The van der Waals surface area contributed by atoms with Crippen molar-refractivity contribution in [1.82, 2.24) is 0 Å². The van der Waals surface area contributed by atoms with Crippen molar-refractivity contribution in [3.8, 4) is 0 Å². The molecule has 0 nitrogen and oxygen atoms in total. The second-order valence-electron chi connectivity index (χ2n) is 7.60. The lowest BCUT2D eigenvalue weighted by molar-refractivity contribution is 0.446. The van der Waals surface area contributed by atoms with E-state index in [4.69, 9.17) is 0 Å². The molecule has 4 heteroatoms. The molecule has 4 fully saturated rings. The minimum Gasteiger partial charge on any atom is -0.144 e. The average Bonchev–Trinajstić information content (AvgIpc) is 2.56. The summed E-state index contributed by atoms with van der Waals surface area (Å²) in [6, 6.07) is 0. The number of thioether (sulfide) groups is 4. The van der Waals surface area contributed by atoms with E-state index in [-0.39, 0.29) is 0 Å². The minimum atomic E-state index is 0.638. The van der Waals surface area contributed by atoms with Gasteiger partial charge in [0.25, 0.3) is 0 Å². The maximum absolute atomic E-state index is 2.36. The van der Waals surface area contributed by atoms with Gasteiger partial charge >= 0.3 is 0 Å². The maximum Gasteiger partial charge on any atom is 0.0611 e. The molecule has 0 bridgehead atoms. The molecule has 0 N–H and O–H groups in total. The number of hydrogen-bond acceptors (Lipinski definition) is 4. The van der Waals surface area contributed by atoms with Crippen LogP contribution in [0.3, 0.4) is 0 Å². The van der Waals surface area contributed by atoms with Crippen molar-refractivity contribution >= 4 is 47.0 Å². The van der Waals surface area contributed by atoms with Gasteiger partial charge in [0.05, 0.1) is 8.16 Å². The molecular weight excluding hydrogens is 332 g/mol. The summed E-state index contributed by atoms with van der Waals surface area (Å²) in [5, 5.41) is 0. The standard InChI is InChI=1S/C17H28S4/c1-3-7-16(8-4-1)18-11-15(12-19-16)13-20-17(21-14-15)9-5-2-6-10-17/h1-14H2. The van der Waals surface area contributed by atoms with Crippen molar-refractivity contribution < 1.29 is 0 Å². The third-order valence-electron chi connectivity index (χ3n) is 5.80. The van der Waals surface area contributed by atoms with Gasteiger partial charge in [0.2, 0.25) is 0 Å². The van der Waals surface area contributed by atoms with Gasteiger partial charge in [0, 0.05) is 28.4 Å². The Balaban J connectivity index is 1.35. The third kappa shape index (κ3) is 3.30. The van der Waals surface area contributed by atoms with Crippen LogP contribution in [0.15, 0.2) is 0 Å². The van der Waals surface area contributed by atoms with Crippen LogP contribution in [0.5, 0.6) is 0 Å². The van der Waals surface area contributed by atoms with E-state index in [9.17, 15) is 0 Å². The van der Waals surface area contributed by atoms with E-state index in [0.717, 1.165) is 0 Å². The van der Waals surface area contributed by atoms with E-state index in [2.05, 4.69) is 47.0 Å². The zero-order chi connectivity index (χ0) is 14.2. The van der Waals surface area contributed by atoms with Crippen LogP contribution >= 0.6 is 47.0 Å². The third-order valence-corrected chi connectivity index (χ3v) is 14.0. The van der Waals surface area contributed by atoms with Crippen molar-refractivity contribution in [2.45, 2.75) is 72.4 Å². The highest BCUT2D eigenvalue weighted by atomic mass is 32.2. The molecule has 2 saturated heterocycles. The normalized spacial score (nSPS) is 34.3. The summed E-state index contributed by atoms with van der Waals surface area (Å²) in [5.41, 5.74) is 0.663. The summed E-state index contributed by atoms with van der Waals surface area (Å²) in [6.07, 6.45) is 14.9. The quantitative estimate of drug-likeness (QED) is 0.500. The predicted molar refractivity (Wildman–Crippen MR) is 104 cm³/mol. The fraction of sp³-hybridized carbons (Fsp3) is 1.00. The van der Waals surface area contributed by atoms with Crippen LogP contribution in [0.2, 0.25) is 0 Å². The van der Waals surface area contributed by atoms with Gasteiger partial charge in [0.15, 0.2) is 0 Å². The molecule has 2 saturated carbocycles. The molecule has 0 aromatic heterocycles. The van der Waals surface area contributed by atoms with Gasteiger partial charge in [-0.3, -0.25) is 0 Å². The van der Waals surface area contributed by atoms with E-state index >= 15 is 0 Å². The van der Waals surface area contributed by atoms with Gasteiger partial charge in [-0.15, -0.1) is 47.0 Å². The Morgan fingerprint density at radius 1 is 0.429 bits per heavy atom. The first kappa shape index (κ1) is 15.9. The highest BCUT2D eigenvalue weighted by Crippen LogP contribution is 2.61. The van der Waals surface area contributed by atoms with E-state index < -0.39 is 0 Å². The average molecular weight is 361 g/mol. The summed E-state index contributed by atoms with van der Waals surface area (Å²) in [7, 11) is 0. The van der Waals surface area contributed by atoms with E-state index in [1.165, 1.54) is 87.2 Å². The summed E-state index contributed by atoms with van der Waals surface area (Å²) < 4.78 is 1.28. The van der Waals surface area contributed by atoms with Crippen molar-refractivity contribution in [2.75, 3.05) is 23.0 Å². The predicted octanol–water partition coefficient (Wildman–Crippen LogP) is 6.25. The molecule has 0 amide bonds. The topological polar surface area (TPSA) is 0 Å². The first-order valence-electron chi connectivity index (χ1n) is 8.80. The minimum absolute atomic E-state index is 0.638. The molecule has 4 aliphatic rings. The highest BCUT2D eigenvalue weighted by Gasteiger charge is 2.49. The Labute approximate surface area is 147 Å². The molecular formula is C17H28S4. The lowest BCUT2D eigenvalue weighted by Crippen LogP contribution is -2.46. The molecule has 0 atom stereocenters. The van der Waals surface area contributed by atoms with Crippen LogP contribution < -0.4 is 0 Å². The molecule has 2 heterocycles. The second kappa shape index (κ2) is 6.37. The van der Waals surface area contributed by atoms with Crippen LogP contribution in [-0.4, -0.2) is 31.2 Å². The molecule has 0 radical (unpaired) electrons. The first-order chi connectivity index (χ1) is 10.2. The molecule has 0 aromatic rings. The smallest absolute Gasteiger partial charge is 0.0611 e. The van der Waals surface area contributed by atoms with Crippen LogP contribution in [0.4, 0.5) is 0 Å². The first-order valence-corrected chi connectivity index (χ1v) is 12.7. The Morgan fingerprint density at radius 3 is 1.10 bits per heavy atom. The molecule has 120 valence electrons. The molecule has 3 spiro atoms. The number of rotatable bonds is 0. The molecule has 0 unspecified atom stereocenters. The van der Waals surface area contributed by atoms with Gasteiger partial charge in [-0.1, -0.05) is 38.5 Å². The van der Waals surface area contributed by atoms with Gasteiger partial charge in [-0.05, 0) is 25.7 Å². The number of hydrogen-bond donors (Lipinski definition) is 0. The second-order valence-corrected chi connectivity index (χ2v) is 13.5. The molecule has 2 aliphatic heterocycles. The van der Waals surface area contributed by atoms with E-state index in [0.29, 0.717) is 13.6 Å². The summed E-state index contributed by atoms with van der Waals surface area (Å²) in [6.45, 7) is 0. The van der Waals surface area contributed by atoms with Gasteiger partial charge in [0.1, 0.15) is 0 Å². The fourth-order valence-corrected chi connectivity index (χ4v) is 12.2. The Morgan fingerprint density at radius 2 is 0.762 bits per heavy atom. The molecule has 0 aromatic carbocycles. The van der Waals surface area contributed by atoms with Gasteiger partial charge in [-0.25, -0.2) is 0 Å². The zero-order valence-corrected chi connectivity index (χ0v) is 16.3. The van der Waals surface area contributed by atoms with Gasteiger partial charge in [-0.2, -0.15) is 0 Å². The van der Waals surface area contributed by atoms with Crippen molar-refractivity contribution in [3.05, 3.63) is 0 Å². The van der Waals surface area contributed by atoms with Crippen LogP contribution in [0.1, 0.15) is 64.2 Å². The molecule has 21 heavy (non-hydrogen) atoms. The Hall–Kier alpha value is 1.40. The Bertz CT molecular complexity index is 309. The van der Waals surface area contributed by atoms with Crippen LogP contribution in [0.25, 0.3) is 0 Å².